The standard InChI is InChI=1S/C13H11N5O/c14-12(19)10-11-13(16-7-15-10)18(8-17-11)6-9-4-2-1-3-5-9/h1-5,7-8H,6H2,(H2,14,19). The van der Waals surface area contributed by atoms with Gasteiger partial charge in [-0.2, -0.15) is 0 Å². The summed E-state index contributed by atoms with van der Waals surface area (Å²) in [4.78, 5) is 23.5. The minimum atomic E-state index is -0.600. The lowest BCUT2D eigenvalue weighted by atomic mass is 10.2. The van der Waals surface area contributed by atoms with Crippen LogP contribution in [-0.2, 0) is 6.54 Å². The van der Waals surface area contributed by atoms with Crippen molar-refractivity contribution in [3.05, 3.63) is 54.2 Å². The van der Waals surface area contributed by atoms with E-state index in [1.807, 2.05) is 34.9 Å². The molecule has 0 radical (unpaired) electrons. The number of aromatic nitrogens is 4. The zero-order valence-corrected chi connectivity index (χ0v) is 10.0. The van der Waals surface area contributed by atoms with E-state index in [9.17, 15) is 4.79 Å². The van der Waals surface area contributed by atoms with Gasteiger partial charge in [0, 0.05) is 0 Å². The van der Waals surface area contributed by atoms with E-state index >= 15 is 0 Å². The number of rotatable bonds is 3. The molecule has 0 spiro atoms. The Morgan fingerprint density at radius 3 is 2.68 bits per heavy atom. The van der Waals surface area contributed by atoms with Crippen molar-refractivity contribution >= 4 is 17.1 Å². The predicted molar refractivity (Wildman–Crippen MR) is 69.4 cm³/mol. The SMILES string of the molecule is NC(=O)c1ncnc2c1ncn2Cc1ccccc1. The van der Waals surface area contributed by atoms with Crippen LogP contribution in [0.5, 0.6) is 0 Å². The number of fused-ring (bicyclic) bond motifs is 1. The van der Waals surface area contributed by atoms with Crippen LogP contribution in [0.2, 0.25) is 0 Å². The first-order valence-corrected chi connectivity index (χ1v) is 5.75. The topological polar surface area (TPSA) is 86.7 Å². The molecule has 0 unspecified atom stereocenters. The zero-order chi connectivity index (χ0) is 13.2. The minimum Gasteiger partial charge on any atom is -0.364 e. The fourth-order valence-electron chi connectivity index (χ4n) is 1.96. The highest BCUT2D eigenvalue weighted by atomic mass is 16.1. The molecule has 0 saturated heterocycles. The predicted octanol–water partition coefficient (Wildman–Crippen LogP) is 0.973. The van der Waals surface area contributed by atoms with Crippen LogP contribution >= 0.6 is 0 Å². The largest absolute Gasteiger partial charge is 0.364 e. The Balaban J connectivity index is 2.07. The minimum absolute atomic E-state index is 0.150. The van der Waals surface area contributed by atoms with Gasteiger partial charge in [0.05, 0.1) is 12.9 Å². The van der Waals surface area contributed by atoms with Gasteiger partial charge >= 0.3 is 0 Å². The first-order chi connectivity index (χ1) is 9.25. The van der Waals surface area contributed by atoms with Gasteiger partial charge in [0.25, 0.3) is 5.91 Å². The second kappa shape index (κ2) is 4.49. The highest BCUT2D eigenvalue weighted by molar-refractivity contribution is 6.01. The van der Waals surface area contributed by atoms with E-state index in [0.717, 1.165) is 5.56 Å². The summed E-state index contributed by atoms with van der Waals surface area (Å²) >= 11 is 0. The van der Waals surface area contributed by atoms with E-state index in [1.165, 1.54) is 6.33 Å². The lowest BCUT2D eigenvalue weighted by Crippen LogP contribution is -2.14. The summed E-state index contributed by atoms with van der Waals surface area (Å²) in [6, 6.07) is 9.93. The molecule has 3 aromatic rings. The maximum atomic E-state index is 11.3. The Labute approximate surface area is 108 Å². The van der Waals surface area contributed by atoms with Crippen molar-refractivity contribution in [1.82, 2.24) is 19.5 Å². The molecule has 94 valence electrons. The monoisotopic (exact) mass is 253 g/mol. The van der Waals surface area contributed by atoms with Crippen molar-refractivity contribution in [2.24, 2.45) is 5.73 Å². The van der Waals surface area contributed by atoms with Crippen LogP contribution in [0, 0.1) is 0 Å². The number of hydrogen-bond donors (Lipinski definition) is 1. The molecule has 2 aromatic heterocycles. The molecule has 0 saturated carbocycles. The van der Waals surface area contributed by atoms with Crippen molar-refractivity contribution in [3.63, 3.8) is 0 Å². The van der Waals surface area contributed by atoms with Gasteiger partial charge in [0.15, 0.2) is 11.3 Å². The number of nitrogens with two attached hydrogens (primary N) is 1. The summed E-state index contributed by atoms with van der Waals surface area (Å²) in [5.74, 6) is -0.600. The van der Waals surface area contributed by atoms with Gasteiger partial charge in [0.2, 0.25) is 0 Å². The van der Waals surface area contributed by atoms with Crippen molar-refractivity contribution in [2.75, 3.05) is 0 Å². The maximum Gasteiger partial charge on any atom is 0.269 e. The summed E-state index contributed by atoms with van der Waals surface area (Å²) in [6.07, 6.45) is 2.96. The van der Waals surface area contributed by atoms with Gasteiger partial charge in [-0.1, -0.05) is 30.3 Å². The fraction of sp³-hybridized carbons (Fsp3) is 0.0769. The highest BCUT2D eigenvalue weighted by Gasteiger charge is 2.13. The number of benzene rings is 1. The molecule has 0 aliphatic rings. The Hall–Kier alpha value is -2.76. The zero-order valence-electron chi connectivity index (χ0n) is 10.0. The highest BCUT2D eigenvalue weighted by Crippen LogP contribution is 2.14. The van der Waals surface area contributed by atoms with Crippen LogP contribution in [0.25, 0.3) is 11.2 Å². The number of carbonyl (C=O) groups excluding carboxylic acids is 1. The van der Waals surface area contributed by atoms with Gasteiger partial charge < -0.3 is 10.3 Å². The number of nitrogens with zero attached hydrogens (tertiary/aromatic N) is 4. The van der Waals surface area contributed by atoms with Gasteiger partial charge in [0.1, 0.15) is 11.8 Å². The summed E-state index contributed by atoms with van der Waals surface area (Å²) in [5.41, 5.74) is 7.58. The molecule has 1 aromatic carbocycles. The average Bonchev–Trinajstić information content (AvgIpc) is 2.83. The smallest absolute Gasteiger partial charge is 0.269 e. The Bertz CT molecular complexity index is 735. The van der Waals surface area contributed by atoms with Gasteiger partial charge in [-0.15, -0.1) is 0 Å². The first kappa shape index (κ1) is 11.3. The normalized spacial score (nSPS) is 10.7. The maximum absolute atomic E-state index is 11.3. The summed E-state index contributed by atoms with van der Waals surface area (Å²) < 4.78 is 1.86. The van der Waals surface area contributed by atoms with Crippen LogP contribution in [0.4, 0.5) is 0 Å². The second-order valence-corrected chi connectivity index (χ2v) is 4.12. The van der Waals surface area contributed by atoms with E-state index in [1.54, 1.807) is 6.33 Å². The molecule has 2 N–H and O–H groups in total. The molecule has 6 heteroatoms. The molecule has 1 amide bonds. The number of carbonyl (C=O) groups is 1. The molecule has 6 nitrogen and oxygen atoms in total. The quantitative estimate of drug-likeness (QED) is 0.753. The van der Waals surface area contributed by atoms with E-state index < -0.39 is 5.91 Å². The van der Waals surface area contributed by atoms with E-state index in [2.05, 4.69) is 15.0 Å². The van der Waals surface area contributed by atoms with E-state index in [0.29, 0.717) is 17.7 Å². The molecular formula is C13H11N5O. The molecule has 0 bridgehead atoms. The van der Waals surface area contributed by atoms with Gasteiger partial charge in [-0.25, -0.2) is 15.0 Å². The van der Waals surface area contributed by atoms with Crippen LogP contribution < -0.4 is 5.73 Å². The molecule has 0 fully saturated rings. The van der Waals surface area contributed by atoms with Crippen molar-refractivity contribution in [2.45, 2.75) is 6.54 Å². The van der Waals surface area contributed by atoms with Crippen molar-refractivity contribution in [1.29, 1.82) is 0 Å². The van der Waals surface area contributed by atoms with Crippen LogP contribution in [0.15, 0.2) is 43.0 Å². The summed E-state index contributed by atoms with van der Waals surface area (Å²) in [7, 11) is 0. The molecule has 0 aliphatic heterocycles. The second-order valence-electron chi connectivity index (χ2n) is 4.12. The van der Waals surface area contributed by atoms with Gasteiger partial charge in [-0.3, -0.25) is 4.79 Å². The van der Waals surface area contributed by atoms with E-state index in [4.69, 9.17) is 5.73 Å². The van der Waals surface area contributed by atoms with Crippen LogP contribution in [0.3, 0.4) is 0 Å². The van der Waals surface area contributed by atoms with Crippen LogP contribution in [-0.4, -0.2) is 25.4 Å². The lowest BCUT2D eigenvalue weighted by molar-refractivity contribution is 0.0997. The van der Waals surface area contributed by atoms with Crippen molar-refractivity contribution in [3.8, 4) is 0 Å². The molecule has 3 rings (SSSR count). The lowest BCUT2D eigenvalue weighted by Gasteiger charge is -2.03. The number of imidazole rings is 1. The van der Waals surface area contributed by atoms with Gasteiger partial charge in [-0.05, 0) is 5.56 Å². The summed E-state index contributed by atoms with van der Waals surface area (Å²) in [5, 5.41) is 0. The molecule has 2 heterocycles. The number of hydrogen-bond acceptors (Lipinski definition) is 4. The first-order valence-electron chi connectivity index (χ1n) is 5.75. The number of amides is 1. The Morgan fingerprint density at radius 1 is 1.16 bits per heavy atom. The average molecular weight is 253 g/mol. The Morgan fingerprint density at radius 2 is 1.95 bits per heavy atom. The Kier molecular flexibility index (Phi) is 2.68. The third-order valence-corrected chi connectivity index (χ3v) is 2.83. The van der Waals surface area contributed by atoms with Crippen molar-refractivity contribution < 1.29 is 4.79 Å². The molecule has 0 atom stereocenters. The molecular weight excluding hydrogens is 242 g/mol. The number of primary amides is 1. The van der Waals surface area contributed by atoms with Crippen LogP contribution in [0.1, 0.15) is 16.1 Å². The van der Waals surface area contributed by atoms with E-state index in [-0.39, 0.29) is 5.69 Å². The summed E-state index contributed by atoms with van der Waals surface area (Å²) in [6.45, 7) is 0.632. The fourth-order valence-corrected chi connectivity index (χ4v) is 1.96. The molecule has 19 heavy (non-hydrogen) atoms. The molecule has 0 aliphatic carbocycles. The third kappa shape index (κ3) is 2.03. The third-order valence-electron chi connectivity index (χ3n) is 2.83.